The Hall–Kier alpha value is -1.02. The summed E-state index contributed by atoms with van der Waals surface area (Å²) in [5.74, 6) is 0.933. The van der Waals surface area contributed by atoms with Crippen LogP contribution in [0.1, 0.15) is 26.3 Å². The number of ether oxygens (including phenoxy) is 1. The molecule has 0 aliphatic heterocycles. The van der Waals surface area contributed by atoms with Crippen LogP contribution < -0.4 is 4.74 Å². The van der Waals surface area contributed by atoms with Crippen LogP contribution in [-0.4, -0.2) is 14.4 Å². The van der Waals surface area contributed by atoms with Gasteiger partial charge in [-0.05, 0) is 38.5 Å². The van der Waals surface area contributed by atoms with Crippen LogP contribution in [0.3, 0.4) is 0 Å². The van der Waals surface area contributed by atoms with Crippen LogP contribution in [0.15, 0.2) is 30.0 Å². The molecule has 0 amide bonds. The van der Waals surface area contributed by atoms with Gasteiger partial charge in [-0.3, -0.25) is 0 Å². The smallest absolute Gasteiger partial charge is 0.120 e. The van der Waals surface area contributed by atoms with E-state index >= 15 is 0 Å². The van der Waals surface area contributed by atoms with Gasteiger partial charge in [-0.1, -0.05) is 37.0 Å². The highest BCUT2D eigenvalue weighted by Gasteiger charge is 2.10. The minimum atomic E-state index is -0.282. The Bertz CT molecular complexity index is 344. The average molecular weight is 233 g/mol. The summed E-state index contributed by atoms with van der Waals surface area (Å²) in [6, 6.07) is 8.26. The zero-order valence-corrected chi connectivity index (χ0v) is 11.9. The van der Waals surface area contributed by atoms with E-state index < -0.39 is 0 Å². The second kappa shape index (κ2) is 5.35. The van der Waals surface area contributed by atoms with Crippen LogP contribution in [0, 0.1) is 0 Å². The Morgan fingerprint density at radius 3 is 2.06 bits per heavy atom. The van der Waals surface area contributed by atoms with Crippen molar-refractivity contribution in [3.63, 3.8) is 0 Å². The highest BCUT2D eigenvalue weighted by atomic mass is 28.3. The maximum Gasteiger partial charge on any atom is 0.120 e. The first kappa shape index (κ1) is 13.0. The summed E-state index contributed by atoms with van der Waals surface area (Å²) in [4.78, 5) is 0. The van der Waals surface area contributed by atoms with Gasteiger partial charge in [-0.2, -0.15) is 0 Å². The maximum absolute atomic E-state index is 5.76. The quantitative estimate of drug-likeness (QED) is 0.712. The van der Waals surface area contributed by atoms with Gasteiger partial charge in [0.1, 0.15) is 11.4 Å². The molecule has 0 bridgehead atoms. The molecular formula is C14H21OSi. The summed E-state index contributed by atoms with van der Waals surface area (Å²) < 4.78 is 5.76. The van der Waals surface area contributed by atoms with Gasteiger partial charge in [0.25, 0.3) is 0 Å². The summed E-state index contributed by atoms with van der Waals surface area (Å²) in [5.41, 5.74) is 3.41. The molecule has 0 saturated carbocycles. The summed E-state index contributed by atoms with van der Waals surface area (Å²) in [6.07, 6.45) is 2.19. The van der Waals surface area contributed by atoms with E-state index in [1.165, 1.54) is 5.56 Å². The van der Waals surface area contributed by atoms with E-state index in [9.17, 15) is 0 Å². The van der Waals surface area contributed by atoms with Crippen LogP contribution >= 0.6 is 0 Å². The SMILES string of the molecule is C[Si](C)C=Cc1ccc(OC(C)(C)C)cc1. The summed E-state index contributed by atoms with van der Waals surface area (Å²) in [6.45, 7) is 10.7. The second-order valence-corrected chi connectivity index (χ2v) is 7.68. The van der Waals surface area contributed by atoms with Gasteiger partial charge in [0, 0.05) is 0 Å². The fraction of sp³-hybridized carbons (Fsp3) is 0.429. The minimum absolute atomic E-state index is 0.125. The second-order valence-electron chi connectivity index (χ2n) is 5.19. The van der Waals surface area contributed by atoms with Crippen LogP contribution in [0.2, 0.25) is 13.1 Å². The maximum atomic E-state index is 5.76. The van der Waals surface area contributed by atoms with Crippen molar-refractivity contribution in [3.8, 4) is 5.75 Å². The molecule has 87 valence electrons. The number of hydrogen-bond donors (Lipinski definition) is 0. The van der Waals surface area contributed by atoms with E-state index in [2.05, 4.69) is 57.8 Å². The number of benzene rings is 1. The third-order valence-electron chi connectivity index (χ3n) is 1.91. The molecule has 0 heterocycles. The van der Waals surface area contributed by atoms with Crippen molar-refractivity contribution in [1.29, 1.82) is 0 Å². The summed E-state index contributed by atoms with van der Waals surface area (Å²) in [7, 11) is -0.282. The van der Waals surface area contributed by atoms with Crippen molar-refractivity contribution in [2.45, 2.75) is 39.5 Å². The fourth-order valence-electron chi connectivity index (χ4n) is 1.26. The first-order valence-corrected chi connectivity index (χ1v) is 8.22. The molecule has 1 rings (SSSR count). The van der Waals surface area contributed by atoms with E-state index in [-0.39, 0.29) is 14.4 Å². The fourth-order valence-corrected chi connectivity index (χ4v) is 1.79. The zero-order chi connectivity index (χ0) is 12.2. The van der Waals surface area contributed by atoms with Gasteiger partial charge in [0.15, 0.2) is 0 Å². The van der Waals surface area contributed by atoms with Crippen molar-refractivity contribution in [2.24, 2.45) is 0 Å². The largest absolute Gasteiger partial charge is 0.488 e. The molecule has 1 aromatic carbocycles. The molecular weight excluding hydrogens is 212 g/mol. The van der Waals surface area contributed by atoms with Gasteiger partial charge in [-0.25, -0.2) is 0 Å². The topological polar surface area (TPSA) is 9.23 Å². The third-order valence-corrected chi connectivity index (χ3v) is 2.75. The van der Waals surface area contributed by atoms with E-state index in [0.717, 1.165) is 5.75 Å². The number of hydrogen-bond acceptors (Lipinski definition) is 1. The Morgan fingerprint density at radius 2 is 1.62 bits per heavy atom. The van der Waals surface area contributed by atoms with Crippen molar-refractivity contribution < 1.29 is 4.74 Å². The van der Waals surface area contributed by atoms with E-state index in [1.807, 2.05) is 12.1 Å². The summed E-state index contributed by atoms with van der Waals surface area (Å²) in [5, 5.41) is 0. The minimum Gasteiger partial charge on any atom is -0.488 e. The Labute approximate surface area is 101 Å². The predicted molar refractivity (Wildman–Crippen MR) is 73.3 cm³/mol. The molecule has 0 aliphatic rings. The molecule has 0 saturated heterocycles. The van der Waals surface area contributed by atoms with Gasteiger partial charge in [-0.15, -0.1) is 0 Å². The normalized spacial score (nSPS) is 12.4. The van der Waals surface area contributed by atoms with Crippen LogP contribution in [-0.2, 0) is 0 Å². The number of rotatable bonds is 3. The molecule has 0 spiro atoms. The lowest BCUT2D eigenvalue weighted by atomic mass is 10.2. The van der Waals surface area contributed by atoms with Crippen molar-refractivity contribution in [3.05, 3.63) is 35.5 Å². The molecule has 0 fully saturated rings. The molecule has 0 atom stereocenters. The van der Waals surface area contributed by atoms with E-state index in [1.54, 1.807) is 0 Å². The lowest BCUT2D eigenvalue weighted by Crippen LogP contribution is -2.22. The zero-order valence-electron chi connectivity index (χ0n) is 10.9. The summed E-state index contributed by atoms with van der Waals surface area (Å²) >= 11 is 0. The molecule has 0 unspecified atom stereocenters. The van der Waals surface area contributed by atoms with Gasteiger partial charge in [0.2, 0.25) is 0 Å². The average Bonchev–Trinajstić information content (AvgIpc) is 2.14. The Morgan fingerprint density at radius 1 is 1.06 bits per heavy atom. The highest BCUT2D eigenvalue weighted by Crippen LogP contribution is 2.18. The van der Waals surface area contributed by atoms with E-state index in [0.29, 0.717) is 0 Å². The molecule has 1 aromatic rings. The van der Waals surface area contributed by atoms with Crippen LogP contribution in [0.4, 0.5) is 0 Å². The predicted octanol–water partition coefficient (Wildman–Crippen LogP) is 4.17. The molecule has 1 radical (unpaired) electrons. The third kappa shape index (κ3) is 5.17. The molecule has 1 nitrogen and oxygen atoms in total. The van der Waals surface area contributed by atoms with Crippen molar-refractivity contribution in [1.82, 2.24) is 0 Å². The molecule has 2 heteroatoms. The van der Waals surface area contributed by atoms with Gasteiger partial charge >= 0.3 is 0 Å². The molecule has 0 N–H and O–H groups in total. The van der Waals surface area contributed by atoms with Gasteiger partial charge < -0.3 is 4.74 Å². The van der Waals surface area contributed by atoms with Gasteiger partial charge in [0.05, 0.1) is 8.80 Å². The Balaban J connectivity index is 2.68. The Kier molecular flexibility index (Phi) is 4.36. The molecule has 0 aromatic heterocycles. The first-order valence-electron chi connectivity index (χ1n) is 5.64. The van der Waals surface area contributed by atoms with Crippen molar-refractivity contribution >= 4 is 14.9 Å². The molecule has 16 heavy (non-hydrogen) atoms. The van der Waals surface area contributed by atoms with Crippen LogP contribution in [0.5, 0.6) is 5.75 Å². The van der Waals surface area contributed by atoms with Crippen molar-refractivity contribution in [2.75, 3.05) is 0 Å². The highest BCUT2D eigenvalue weighted by molar-refractivity contribution is 6.62. The lowest BCUT2D eigenvalue weighted by Gasteiger charge is -2.21. The van der Waals surface area contributed by atoms with Crippen LogP contribution in [0.25, 0.3) is 6.08 Å². The standard InChI is InChI=1S/C14H21OSi/c1-14(2,3)15-13-8-6-12(7-9-13)10-11-16(4)5/h6-11H,1-5H3. The lowest BCUT2D eigenvalue weighted by molar-refractivity contribution is 0.131. The molecule has 0 aliphatic carbocycles. The monoisotopic (exact) mass is 233 g/mol. The first-order chi connectivity index (χ1) is 7.37. The van der Waals surface area contributed by atoms with E-state index in [4.69, 9.17) is 4.74 Å².